The number of rotatable bonds is 6. The number of fused-ring (bicyclic) bond motifs is 1. The van der Waals surface area contributed by atoms with E-state index in [4.69, 9.17) is 9.72 Å². The van der Waals surface area contributed by atoms with Gasteiger partial charge in [0.1, 0.15) is 19.5 Å². The molecule has 0 radical (unpaired) electrons. The first-order valence-electron chi connectivity index (χ1n) is 8.63. The molecule has 0 amide bonds. The van der Waals surface area contributed by atoms with Crippen molar-refractivity contribution in [3.63, 3.8) is 0 Å². The summed E-state index contributed by atoms with van der Waals surface area (Å²) in [6, 6.07) is 5.97. The molecule has 3 aromatic rings. The largest absolute Gasteiger partial charge is 0.376 e. The van der Waals surface area contributed by atoms with E-state index in [1.165, 1.54) is 0 Å². The summed E-state index contributed by atoms with van der Waals surface area (Å²) < 4.78 is 7.51. The quantitative estimate of drug-likeness (QED) is 0.642. The summed E-state index contributed by atoms with van der Waals surface area (Å²) in [4.78, 5) is 8.85. The van der Waals surface area contributed by atoms with Gasteiger partial charge in [-0.25, -0.2) is 4.98 Å². The van der Waals surface area contributed by atoms with Crippen molar-refractivity contribution in [2.24, 2.45) is 0 Å². The first-order valence-corrected chi connectivity index (χ1v) is 8.63. The Morgan fingerprint density at radius 2 is 2.28 bits per heavy atom. The molecule has 0 aliphatic carbocycles. The number of aromatic nitrogens is 4. The van der Waals surface area contributed by atoms with Crippen LogP contribution in [-0.2, 0) is 11.3 Å². The number of nitrogens with zero attached hydrogens (tertiary/aromatic N) is 4. The summed E-state index contributed by atoms with van der Waals surface area (Å²) >= 11 is 0. The van der Waals surface area contributed by atoms with E-state index in [1.54, 1.807) is 6.20 Å². The van der Waals surface area contributed by atoms with Crippen LogP contribution in [0.25, 0.3) is 5.65 Å². The maximum atomic E-state index is 5.68. The summed E-state index contributed by atoms with van der Waals surface area (Å²) in [5.74, 6) is 1.73. The van der Waals surface area contributed by atoms with Gasteiger partial charge in [-0.1, -0.05) is 6.07 Å². The topological polar surface area (TPSA) is 76.4 Å². The van der Waals surface area contributed by atoms with Crippen LogP contribution in [0.2, 0.25) is 0 Å². The summed E-state index contributed by atoms with van der Waals surface area (Å²) in [5, 5.41) is 11.3. The molecule has 8 heteroatoms. The lowest BCUT2D eigenvalue weighted by molar-refractivity contribution is 0.120. The Kier molecular flexibility index (Phi) is 4.52. The van der Waals surface area contributed by atoms with Gasteiger partial charge in [0, 0.05) is 44.4 Å². The van der Waals surface area contributed by atoms with Crippen LogP contribution in [0.1, 0.15) is 18.4 Å². The van der Waals surface area contributed by atoms with Crippen molar-refractivity contribution in [1.82, 2.24) is 19.6 Å². The molecule has 25 heavy (non-hydrogen) atoms. The third-order valence-electron chi connectivity index (χ3n) is 4.38. The Morgan fingerprint density at radius 1 is 1.32 bits per heavy atom. The summed E-state index contributed by atoms with van der Waals surface area (Å²) in [5.41, 5.74) is 3.02. The van der Waals surface area contributed by atoms with Crippen molar-refractivity contribution >= 4 is 30.6 Å². The Morgan fingerprint density at radius 3 is 3.08 bits per heavy atom. The highest BCUT2D eigenvalue weighted by Gasteiger charge is 2.16. The Bertz CT molecular complexity index is 847. The van der Waals surface area contributed by atoms with Gasteiger partial charge in [0.15, 0.2) is 5.65 Å². The zero-order valence-corrected chi connectivity index (χ0v) is 14.3. The highest BCUT2D eigenvalue weighted by molar-refractivity contribution is 6.36. The zero-order valence-electron chi connectivity index (χ0n) is 14.3. The molecule has 128 valence electrons. The molecule has 4 heterocycles. The summed E-state index contributed by atoms with van der Waals surface area (Å²) in [6.07, 6.45) is 7.98. The second-order valence-electron chi connectivity index (χ2n) is 6.32. The van der Waals surface area contributed by atoms with Gasteiger partial charge in [0.25, 0.3) is 0 Å². The molecule has 0 spiro atoms. The highest BCUT2D eigenvalue weighted by atomic mass is 16.5. The monoisotopic (exact) mass is 336 g/mol. The van der Waals surface area contributed by atoms with Crippen molar-refractivity contribution in [3.8, 4) is 0 Å². The fraction of sp³-hybridized carbons (Fsp3) is 0.353. The van der Waals surface area contributed by atoms with Crippen molar-refractivity contribution < 1.29 is 4.74 Å². The standard InChI is InChI=1S/C17H21BN6O/c18-14-11-22-24-16(21-9-12-3-1-5-19-8-12)7-15(23-17(14)24)20-10-13-4-2-6-25-13/h1,3,5,7-8,11,13,21H,2,4,6,9-10,18H2,(H,20,23). The predicted molar refractivity (Wildman–Crippen MR) is 100 cm³/mol. The van der Waals surface area contributed by atoms with Crippen LogP contribution < -0.4 is 16.1 Å². The lowest BCUT2D eigenvalue weighted by atomic mass is 10.0. The van der Waals surface area contributed by atoms with Gasteiger partial charge in [0.2, 0.25) is 0 Å². The molecule has 1 aliphatic rings. The van der Waals surface area contributed by atoms with Crippen LogP contribution in [0.4, 0.5) is 11.6 Å². The Balaban J connectivity index is 1.55. The maximum Gasteiger partial charge on any atom is 0.153 e. The second kappa shape index (κ2) is 7.10. The van der Waals surface area contributed by atoms with Crippen LogP contribution in [0, 0.1) is 0 Å². The third-order valence-corrected chi connectivity index (χ3v) is 4.38. The van der Waals surface area contributed by atoms with E-state index in [0.717, 1.165) is 54.3 Å². The van der Waals surface area contributed by atoms with E-state index in [9.17, 15) is 0 Å². The van der Waals surface area contributed by atoms with Crippen LogP contribution in [0.3, 0.4) is 0 Å². The van der Waals surface area contributed by atoms with Crippen molar-refractivity contribution in [2.45, 2.75) is 25.5 Å². The van der Waals surface area contributed by atoms with E-state index in [1.807, 2.05) is 43.0 Å². The van der Waals surface area contributed by atoms with Crippen LogP contribution in [0.15, 0.2) is 36.8 Å². The molecule has 2 N–H and O–H groups in total. The first kappa shape index (κ1) is 15.9. The number of anilines is 2. The molecular formula is C17H21BN6O. The molecule has 3 aromatic heterocycles. The number of hydrogen-bond donors (Lipinski definition) is 2. The van der Waals surface area contributed by atoms with E-state index in [0.29, 0.717) is 6.54 Å². The average Bonchev–Trinajstić information content (AvgIpc) is 3.29. The van der Waals surface area contributed by atoms with Crippen molar-refractivity contribution in [3.05, 3.63) is 42.4 Å². The molecule has 4 rings (SSSR count). The minimum absolute atomic E-state index is 0.274. The van der Waals surface area contributed by atoms with Gasteiger partial charge in [0.05, 0.1) is 6.10 Å². The van der Waals surface area contributed by atoms with E-state index < -0.39 is 0 Å². The van der Waals surface area contributed by atoms with Crippen LogP contribution in [-0.4, -0.2) is 46.7 Å². The van der Waals surface area contributed by atoms with Gasteiger partial charge < -0.3 is 15.4 Å². The van der Waals surface area contributed by atoms with Gasteiger partial charge in [-0.2, -0.15) is 9.61 Å². The summed E-state index contributed by atoms with van der Waals surface area (Å²) in [7, 11) is 2.02. The Labute approximate surface area is 147 Å². The number of ether oxygens (including phenoxy) is 1. The van der Waals surface area contributed by atoms with Crippen molar-refractivity contribution in [1.29, 1.82) is 0 Å². The third kappa shape index (κ3) is 3.58. The molecule has 1 atom stereocenters. The fourth-order valence-electron chi connectivity index (χ4n) is 3.01. The minimum Gasteiger partial charge on any atom is -0.376 e. The smallest absolute Gasteiger partial charge is 0.153 e. The predicted octanol–water partition coefficient (Wildman–Crippen LogP) is 0.586. The first-order chi connectivity index (χ1) is 12.3. The highest BCUT2D eigenvalue weighted by Crippen LogP contribution is 2.17. The molecule has 7 nitrogen and oxygen atoms in total. The second-order valence-corrected chi connectivity index (χ2v) is 6.32. The number of hydrogen-bond acceptors (Lipinski definition) is 6. The molecule has 1 unspecified atom stereocenters. The van der Waals surface area contributed by atoms with Crippen molar-refractivity contribution in [2.75, 3.05) is 23.8 Å². The molecule has 0 saturated carbocycles. The molecule has 1 fully saturated rings. The molecule has 1 aliphatic heterocycles. The lowest BCUT2D eigenvalue weighted by Gasteiger charge is -2.14. The maximum absolute atomic E-state index is 5.68. The van der Waals surface area contributed by atoms with Gasteiger partial charge in [-0.3, -0.25) is 4.98 Å². The minimum atomic E-state index is 0.274. The lowest BCUT2D eigenvalue weighted by Crippen LogP contribution is -2.20. The van der Waals surface area contributed by atoms with E-state index >= 15 is 0 Å². The van der Waals surface area contributed by atoms with Crippen LogP contribution >= 0.6 is 0 Å². The number of pyridine rings is 1. The van der Waals surface area contributed by atoms with Crippen LogP contribution in [0.5, 0.6) is 0 Å². The zero-order chi connectivity index (χ0) is 17.1. The van der Waals surface area contributed by atoms with E-state index in [2.05, 4.69) is 20.7 Å². The SMILES string of the molecule is Bc1cnn2c(NCc3cccnc3)cc(NCC3CCCO3)nc12. The molecule has 0 aromatic carbocycles. The summed E-state index contributed by atoms with van der Waals surface area (Å²) in [6.45, 7) is 2.31. The normalized spacial score (nSPS) is 17.0. The average molecular weight is 336 g/mol. The fourth-order valence-corrected chi connectivity index (χ4v) is 3.01. The van der Waals surface area contributed by atoms with E-state index in [-0.39, 0.29) is 6.10 Å². The molecule has 0 bridgehead atoms. The molecule has 1 saturated heterocycles. The Hall–Kier alpha value is -2.61. The van der Waals surface area contributed by atoms with Gasteiger partial charge in [-0.15, -0.1) is 0 Å². The number of nitrogens with one attached hydrogen (secondary N) is 2. The molecular weight excluding hydrogens is 315 g/mol. The van der Waals surface area contributed by atoms with Gasteiger partial charge in [-0.05, 0) is 29.9 Å². The van der Waals surface area contributed by atoms with Gasteiger partial charge >= 0.3 is 0 Å².